The Morgan fingerprint density at radius 3 is 2.46 bits per heavy atom. The Bertz CT molecular complexity index is 2110. The summed E-state index contributed by atoms with van der Waals surface area (Å²) in [7, 11) is 3.21. The number of allylic oxidation sites excluding steroid dienone is 1. The molecule has 0 unspecified atom stereocenters. The average molecular weight is 760 g/mol. The lowest BCUT2D eigenvalue weighted by atomic mass is 9.55. The van der Waals surface area contributed by atoms with Gasteiger partial charge in [-0.3, -0.25) is 14.6 Å². The van der Waals surface area contributed by atoms with Gasteiger partial charge in [-0.1, -0.05) is 57.2 Å². The van der Waals surface area contributed by atoms with Gasteiger partial charge in [-0.05, 0) is 89.6 Å². The number of carbonyl (C=O) groups excluding carboxylic acids is 1. The standard InChI is InChI=1S/C46H54FN5O4/c1-29(2)35-8-6-7-9-36(35)41-28-50(27-31-10-13-34(54-4)14-11-31)20-21-52(41)33-24-46(25-33)18-19-51(26-30(46)3)32-12-15-37(44(48)53)42(22-32)56-43-23-38-39(47)16-17-40(38)49-45(43)55-5/h6-16,22-23,29-30,33,41H,17-21,24-28H2,1-5H3,(H2,48,53)/t30-,33?,41+,46?/m1/s1. The van der Waals surface area contributed by atoms with Crippen molar-refractivity contribution in [2.45, 2.75) is 71.0 Å². The third-order valence-corrected chi connectivity index (χ3v) is 13.0. The van der Waals surface area contributed by atoms with E-state index in [-0.39, 0.29) is 28.4 Å². The molecule has 2 atom stereocenters. The maximum absolute atomic E-state index is 14.5. The van der Waals surface area contributed by atoms with Crippen molar-refractivity contribution >= 4 is 17.4 Å². The van der Waals surface area contributed by atoms with E-state index in [0.717, 1.165) is 57.1 Å². The van der Waals surface area contributed by atoms with Gasteiger partial charge in [-0.25, -0.2) is 9.37 Å². The molecule has 56 heavy (non-hydrogen) atoms. The van der Waals surface area contributed by atoms with Crippen LogP contribution < -0.4 is 24.8 Å². The van der Waals surface area contributed by atoms with Crippen molar-refractivity contribution in [3.63, 3.8) is 0 Å². The summed E-state index contributed by atoms with van der Waals surface area (Å²) in [5.74, 6) is 1.64. The molecule has 2 saturated heterocycles. The molecule has 8 rings (SSSR count). The van der Waals surface area contributed by atoms with Crippen LogP contribution in [0.2, 0.25) is 0 Å². The van der Waals surface area contributed by atoms with Crippen LogP contribution in [0.25, 0.3) is 5.83 Å². The first-order valence-electron chi connectivity index (χ1n) is 20.1. The van der Waals surface area contributed by atoms with Crippen LogP contribution in [0.3, 0.4) is 0 Å². The number of nitrogens with two attached hydrogens (primary N) is 1. The zero-order chi connectivity index (χ0) is 39.1. The number of benzene rings is 3. The highest BCUT2D eigenvalue weighted by molar-refractivity contribution is 5.96. The second kappa shape index (κ2) is 15.5. The van der Waals surface area contributed by atoms with Crippen molar-refractivity contribution < 1.29 is 23.4 Å². The fourth-order valence-electron chi connectivity index (χ4n) is 9.72. The highest BCUT2D eigenvalue weighted by Crippen LogP contribution is 2.56. The van der Waals surface area contributed by atoms with E-state index >= 15 is 0 Å². The maximum Gasteiger partial charge on any atom is 0.257 e. The van der Waals surface area contributed by atoms with E-state index in [4.69, 9.17) is 19.9 Å². The van der Waals surface area contributed by atoms with Gasteiger partial charge in [0.25, 0.3) is 11.8 Å². The molecule has 10 heteroatoms. The average Bonchev–Trinajstić information content (AvgIpc) is 3.55. The summed E-state index contributed by atoms with van der Waals surface area (Å²) in [6.07, 6.45) is 5.37. The van der Waals surface area contributed by atoms with Crippen molar-refractivity contribution in [2.24, 2.45) is 17.1 Å². The lowest BCUT2D eigenvalue weighted by molar-refractivity contribution is -0.0841. The lowest BCUT2D eigenvalue weighted by Gasteiger charge is -2.61. The number of amides is 1. The molecule has 1 amide bonds. The molecule has 3 fully saturated rings. The molecule has 1 spiro atoms. The van der Waals surface area contributed by atoms with Crippen LogP contribution in [0.1, 0.15) is 90.3 Å². The zero-order valence-electron chi connectivity index (χ0n) is 33.3. The third-order valence-electron chi connectivity index (χ3n) is 13.0. The number of aromatic nitrogens is 1. The quantitative estimate of drug-likeness (QED) is 0.163. The van der Waals surface area contributed by atoms with E-state index in [0.29, 0.717) is 47.3 Å². The zero-order valence-corrected chi connectivity index (χ0v) is 33.3. The van der Waals surface area contributed by atoms with Gasteiger partial charge in [-0.15, -0.1) is 0 Å². The number of hydrogen-bond donors (Lipinski definition) is 1. The highest BCUT2D eigenvalue weighted by Gasteiger charge is 2.53. The van der Waals surface area contributed by atoms with Crippen LogP contribution in [-0.2, 0) is 13.0 Å². The summed E-state index contributed by atoms with van der Waals surface area (Å²) in [6, 6.07) is 25.6. The molecule has 3 aromatic carbocycles. The minimum absolute atomic E-state index is 0.231. The molecule has 294 valence electrons. The number of piperazine rings is 1. The molecule has 2 aliphatic carbocycles. The van der Waals surface area contributed by atoms with Crippen LogP contribution >= 0.6 is 0 Å². The molecule has 4 aromatic rings. The molecule has 2 aliphatic heterocycles. The summed E-state index contributed by atoms with van der Waals surface area (Å²) in [5, 5.41) is 0. The van der Waals surface area contributed by atoms with Gasteiger partial charge in [0.05, 0.1) is 25.5 Å². The number of piperidine rings is 1. The van der Waals surface area contributed by atoms with Crippen molar-refractivity contribution in [3.05, 3.63) is 112 Å². The topological polar surface area (TPSA) is 93.4 Å². The number of anilines is 1. The Labute approximate surface area is 330 Å². The molecular formula is C46H54FN5O4. The summed E-state index contributed by atoms with van der Waals surface area (Å²) in [4.78, 5) is 24.9. The number of methoxy groups -OCH3 is 2. The number of primary amides is 1. The molecule has 0 bridgehead atoms. The van der Waals surface area contributed by atoms with Gasteiger partial charge in [-0.2, -0.15) is 0 Å². The fraction of sp³-hybridized carbons (Fsp3) is 0.435. The Balaban J connectivity index is 0.974. The first-order chi connectivity index (χ1) is 27.1. The summed E-state index contributed by atoms with van der Waals surface area (Å²) in [5.41, 5.74) is 12.5. The smallest absolute Gasteiger partial charge is 0.257 e. The van der Waals surface area contributed by atoms with Crippen LogP contribution in [-0.4, -0.2) is 73.7 Å². The van der Waals surface area contributed by atoms with E-state index in [1.807, 2.05) is 12.1 Å². The molecule has 9 nitrogen and oxygen atoms in total. The molecule has 0 radical (unpaired) electrons. The van der Waals surface area contributed by atoms with Gasteiger partial charge in [0, 0.05) is 75.1 Å². The normalized spacial score (nSPS) is 23.8. The van der Waals surface area contributed by atoms with Crippen molar-refractivity contribution in [1.82, 2.24) is 14.8 Å². The predicted molar refractivity (Wildman–Crippen MR) is 218 cm³/mol. The molecule has 1 aromatic heterocycles. The van der Waals surface area contributed by atoms with Gasteiger partial charge in [0.2, 0.25) is 0 Å². The van der Waals surface area contributed by atoms with E-state index in [2.05, 4.69) is 89.0 Å². The highest BCUT2D eigenvalue weighted by atomic mass is 19.1. The van der Waals surface area contributed by atoms with E-state index in [1.54, 1.807) is 19.2 Å². The van der Waals surface area contributed by atoms with Gasteiger partial charge in [0.1, 0.15) is 17.3 Å². The summed E-state index contributed by atoms with van der Waals surface area (Å²) >= 11 is 0. The Morgan fingerprint density at radius 2 is 1.75 bits per heavy atom. The number of fused-ring (bicyclic) bond motifs is 1. The SMILES string of the molecule is COc1ccc(CN2CCN(C3CC4(CCN(c5ccc(C(N)=O)c(Oc6cc7c(nc6OC)CC=C7F)c5)C[C@H]4C)C3)[C@H](c3ccccc3C(C)C)C2)cc1. The second-order valence-electron chi connectivity index (χ2n) is 16.5. The van der Waals surface area contributed by atoms with E-state index < -0.39 is 5.91 Å². The van der Waals surface area contributed by atoms with E-state index in [1.165, 1.54) is 42.7 Å². The number of pyridine rings is 1. The largest absolute Gasteiger partial charge is 0.497 e. The minimum Gasteiger partial charge on any atom is -0.497 e. The maximum atomic E-state index is 14.5. The first kappa shape index (κ1) is 38.0. The fourth-order valence-corrected chi connectivity index (χ4v) is 9.72. The van der Waals surface area contributed by atoms with Crippen LogP contribution in [0, 0.1) is 11.3 Å². The lowest BCUT2D eigenvalue weighted by Crippen LogP contribution is -2.62. The number of nitrogens with zero attached hydrogens (tertiary/aromatic N) is 4. The number of hydrogen-bond acceptors (Lipinski definition) is 8. The number of rotatable bonds is 11. The number of ether oxygens (including phenoxy) is 3. The van der Waals surface area contributed by atoms with Gasteiger partial charge >= 0.3 is 0 Å². The Kier molecular flexibility index (Phi) is 10.5. The molecule has 4 aliphatic rings. The van der Waals surface area contributed by atoms with Crippen molar-refractivity contribution in [1.29, 1.82) is 0 Å². The summed E-state index contributed by atoms with van der Waals surface area (Å²) < 4.78 is 31.7. The second-order valence-corrected chi connectivity index (χ2v) is 16.5. The summed E-state index contributed by atoms with van der Waals surface area (Å²) in [6.45, 7) is 12.9. The van der Waals surface area contributed by atoms with Gasteiger partial charge < -0.3 is 24.8 Å². The first-order valence-corrected chi connectivity index (χ1v) is 20.1. The Morgan fingerprint density at radius 1 is 0.964 bits per heavy atom. The molecular weight excluding hydrogens is 706 g/mol. The number of carbonyl (C=O) groups is 1. The van der Waals surface area contributed by atoms with E-state index in [9.17, 15) is 9.18 Å². The molecule has 3 heterocycles. The monoisotopic (exact) mass is 759 g/mol. The van der Waals surface area contributed by atoms with Crippen molar-refractivity contribution in [3.8, 4) is 23.1 Å². The van der Waals surface area contributed by atoms with Gasteiger partial charge in [0.15, 0.2) is 5.75 Å². The molecule has 1 saturated carbocycles. The van der Waals surface area contributed by atoms with Crippen molar-refractivity contribution in [2.75, 3.05) is 51.8 Å². The molecule has 2 N–H and O–H groups in total. The number of halogens is 1. The third kappa shape index (κ3) is 7.25. The van der Waals surface area contributed by atoms with Crippen LogP contribution in [0.5, 0.6) is 23.1 Å². The minimum atomic E-state index is -0.604. The predicted octanol–water partition coefficient (Wildman–Crippen LogP) is 8.53. The van der Waals surface area contributed by atoms with Crippen LogP contribution in [0.4, 0.5) is 10.1 Å². The van der Waals surface area contributed by atoms with Crippen LogP contribution in [0.15, 0.2) is 78.9 Å². The Hall–Kier alpha value is -4.93.